The van der Waals surface area contributed by atoms with E-state index in [0.717, 1.165) is 25.9 Å². The van der Waals surface area contributed by atoms with Crippen LogP contribution in [-0.2, 0) is 9.59 Å². The Morgan fingerprint density at radius 3 is 2.32 bits per heavy atom. The van der Waals surface area contributed by atoms with Crippen LogP contribution in [0.2, 0.25) is 0 Å². The molecule has 1 aliphatic rings. The number of piperidine rings is 1. The number of carbonyl (C=O) groups is 2. The number of carbonyl (C=O) groups excluding carboxylic acids is 2. The summed E-state index contributed by atoms with van der Waals surface area (Å²) in [7, 11) is 0. The molecule has 5 heteroatoms. The van der Waals surface area contributed by atoms with Gasteiger partial charge in [0.15, 0.2) is 0 Å². The van der Waals surface area contributed by atoms with Gasteiger partial charge in [-0.3, -0.25) is 9.59 Å². The maximum atomic E-state index is 11.9. The third-order valence-electron chi connectivity index (χ3n) is 3.02. The molecule has 2 amide bonds. The van der Waals surface area contributed by atoms with Crippen LogP contribution in [0.1, 0.15) is 46.5 Å². The van der Waals surface area contributed by atoms with E-state index in [0.29, 0.717) is 13.0 Å². The Hall–Kier alpha value is -1.10. The van der Waals surface area contributed by atoms with Gasteiger partial charge in [-0.1, -0.05) is 0 Å². The zero-order valence-electron chi connectivity index (χ0n) is 12.4. The van der Waals surface area contributed by atoms with Gasteiger partial charge >= 0.3 is 0 Å². The van der Waals surface area contributed by atoms with Crippen LogP contribution in [0.3, 0.4) is 0 Å². The summed E-state index contributed by atoms with van der Waals surface area (Å²) < 4.78 is 0. The lowest BCUT2D eigenvalue weighted by atomic mass is 10.1. The summed E-state index contributed by atoms with van der Waals surface area (Å²) in [6.45, 7) is 8.46. The van der Waals surface area contributed by atoms with E-state index in [-0.39, 0.29) is 23.9 Å². The second kappa shape index (κ2) is 7.48. The smallest absolute Gasteiger partial charge is 0.234 e. The first-order valence-electron chi connectivity index (χ1n) is 7.18. The van der Waals surface area contributed by atoms with E-state index in [1.54, 1.807) is 0 Å². The van der Waals surface area contributed by atoms with Crippen LogP contribution in [0.5, 0.6) is 0 Å². The number of hydrogen-bond acceptors (Lipinski definition) is 3. The molecule has 1 aliphatic heterocycles. The third kappa shape index (κ3) is 7.15. The van der Waals surface area contributed by atoms with Crippen molar-refractivity contribution in [2.75, 3.05) is 26.2 Å². The molecule has 0 saturated carbocycles. The van der Waals surface area contributed by atoms with E-state index < -0.39 is 0 Å². The molecular formula is C14H27N3O2. The van der Waals surface area contributed by atoms with Crippen LogP contribution in [-0.4, -0.2) is 48.4 Å². The molecular weight excluding hydrogens is 242 g/mol. The van der Waals surface area contributed by atoms with Crippen LogP contribution >= 0.6 is 0 Å². The van der Waals surface area contributed by atoms with Crippen LogP contribution < -0.4 is 10.6 Å². The molecule has 0 radical (unpaired) electrons. The Labute approximate surface area is 116 Å². The van der Waals surface area contributed by atoms with E-state index >= 15 is 0 Å². The highest BCUT2D eigenvalue weighted by Gasteiger charge is 2.16. The SMILES string of the molecule is CC(C)(C)NC(=O)CNCCC(=O)N1CCCCC1. The van der Waals surface area contributed by atoms with E-state index in [1.165, 1.54) is 6.42 Å². The number of hydrogen-bond donors (Lipinski definition) is 2. The number of amides is 2. The quantitative estimate of drug-likeness (QED) is 0.729. The lowest BCUT2D eigenvalue weighted by molar-refractivity contribution is -0.132. The van der Waals surface area contributed by atoms with Gasteiger partial charge in [0.1, 0.15) is 0 Å². The second-order valence-electron chi connectivity index (χ2n) is 6.17. The minimum Gasteiger partial charge on any atom is -0.350 e. The van der Waals surface area contributed by atoms with Crippen LogP contribution in [0.4, 0.5) is 0 Å². The Bertz CT molecular complexity index is 304. The Kier molecular flexibility index (Phi) is 6.28. The summed E-state index contributed by atoms with van der Waals surface area (Å²) >= 11 is 0. The zero-order chi connectivity index (χ0) is 14.3. The van der Waals surface area contributed by atoms with Gasteiger partial charge in [0.25, 0.3) is 0 Å². The number of likely N-dealkylation sites (tertiary alicyclic amines) is 1. The molecule has 19 heavy (non-hydrogen) atoms. The van der Waals surface area contributed by atoms with Crippen molar-refractivity contribution in [3.8, 4) is 0 Å². The summed E-state index contributed by atoms with van der Waals surface area (Å²) in [5.74, 6) is 0.168. The van der Waals surface area contributed by atoms with Gasteiger partial charge in [-0.15, -0.1) is 0 Å². The normalized spacial score (nSPS) is 16.3. The van der Waals surface area contributed by atoms with Crippen molar-refractivity contribution >= 4 is 11.8 Å². The number of nitrogens with zero attached hydrogens (tertiary/aromatic N) is 1. The molecule has 5 nitrogen and oxygen atoms in total. The molecule has 1 heterocycles. The fourth-order valence-electron chi connectivity index (χ4n) is 2.16. The van der Waals surface area contributed by atoms with Crippen molar-refractivity contribution in [1.29, 1.82) is 0 Å². The van der Waals surface area contributed by atoms with Crippen molar-refractivity contribution < 1.29 is 9.59 Å². The predicted molar refractivity (Wildman–Crippen MR) is 75.8 cm³/mol. The molecule has 110 valence electrons. The third-order valence-corrected chi connectivity index (χ3v) is 3.02. The highest BCUT2D eigenvalue weighted by molar-refractivity contribution is 5.79. The molecule has 2 N–H and O–H groups in total. The molecule has 0 atom stereocenters. The van der Waals surface area contributed by atoms with Gasteiger partial charge in [-0.05, 0) is 40.0 Å². The van der Waals surface area contributed by atoms with Crippen molar-refractivity contribution in [3.05, 3.63) is 0 Å². The Morgan fingerprint density at radius 1 is 1.11 bits per heavy atom. The number of rotatable bonds is 5. The minimum absolute atomic E-state index is 0.0297. The summed E-state index contributed by atoms with van der Waals surface area (Å²) in [5, 5.41) is 5.89. The van der Waals surface area contributed by atoms with Crippen molar-refractivity contribution in [2.45, 2.75) is 52.0 Å². The van der Waals surface area contributed by atoms with Gasteiger partial charge in [-0.25, -0.2) is 0 Å². The van der Waals surface area contributed by atoms with Gasteiger partial charge in [0.2, 0.25) is 11.8 Å². The average molecular weight is 269 g/mol. The monoisotopic (exact) mass is 269 g/mol. The first kappa shape index (κ1) is 16.0. The molecule has 0 aromatic carbocycles. The second-order valence-corrected chi connectivity index (χ2v) is 6.17. The molecule has 1 fully saturated rings. The highest BCUT2D eigenvalue weighted by atomic mass is 16.2. The maximum Gasteiger partial charge on any atom is 0.234 e. The van der Waals surface area contributed by atoms with Crippen LogP contribution in [0.15, 0.2) is 0 Å². The predicted octanol–water partition coefficient (Wildman–Crippen LogP) is 0.893. The fourth-order valence-corrected chi connectivity index (χ4v) is 2.16. The molecule has 1 rings (SSSR count). The van der Waals surface area contributed by atoms with E-state index in [4.69, 9.17) is 0 Å². The fraction of sp³-hybridized carbons (Fsp3) is 0.857. The summed E-state index contributed by atoms with van der Waals surface area (Å²) in [6, 6.07) is 0. The molecule has 1 saturated heterocycles. The van der Waals surface area contributed by atoms with Crippen molar-refractivity contribution in [2.24, 2.45) is 0 Å². The number of nitrogens with one attached hydrogen (secondary N) is 2. The first-order chi connectivity index (χ1) is 8.88. The van der Waals surface area contributed by atoms with Crippen molar-refractivity contribution in [1.82, 2.24) is 15.5 Å². The summed E-state index contributed by atoms with van der Waals surface area (Å²) in [5.41, 5.74) is -0.206. The average Bonchev–Trinajstić information content (AvgIpc) is 2.33. The van der Waals surface area contributed by atoms with E-state index in [9.17, 15) is 9.59 Å². The lowest BCUT2D eigenvalue weighted by Gasteiger charge is -2.26. The topological polar surface area (TPSA) is 61.4 Å². The van der Waals surface area contributed by atoms with Gasteiger partial charge in [0, 0.05) is 31.6 Å². The van der Waals surface area contributed by atoms with Crippen LogP contribution in [0, 0.1) is 0 Å². The lowest BCUT2D eigenvalue weighted by Crippen LogP contribution is -2.45. The Balaban J connectivity index is 2.10. The molecule has 0 aliphatic carbocycles. The minimum atomic E-state index is -0.206. The maximum absolute atomic E-state index is 11.9. The van der Waals surface area contributed by atoms with Crippen molar-refractivity contribution in [3.63, 3.8) is 0 Å². The molecule has 0 aromatic rings. The van der Waals surface area contributed by atoms with Crippen LogP contribution in [0.25, 0.3) is 0 Å². The molecule has 0 spiro atoms. The van der Waals surface area contributed by atoms with E-state index in [1.807, 2.05) is 25.7 Å². The molecule has 0 aromatic heterocycles. The zero-order valence-corrected chi connectivity index (χ0v) is 12.4. The largest absolute Gasteiger partial charge is 0.350 e. The van der Waals surface area contributed by atoms with Gasteiger partial charge in [0.05, 0.1) is 6.54 Å². The highest BCUT2D eigenvalue weighted by Crippen LogP contribution is 2.09. The first-order valence-corrected chi connectivity index (χ1v) is 7.18. The Morgan fingerprint density at radius 2 is 1.74 bits per heavy atom. The van der Waals surface area contributed by atoms with E-state index in [2.05, 4.69) is 10.6 Å². The van der Waals surface area contributed by atoms with Gasteiger partial charge in [-0.2, -0.15) is 0 Å². The standard InChI is InChI=1S/C14H27N3O2/c1-14(2,3)16-12(18)11-15-8-7-13(19)17-9-5-4-6-10-17/h15H,4-11H2,1-3H3,(H,16,18). The van der Waals surface area contributed by atoms with Gasteiger partial charge < -0.3 is 15.5 Å². The molecule has 0 unspecified atom stereocenters. The summed E-state index contributed by atoms with van der Waals surface area (Å²) in [4.78, 5) is 25.3. The molecule has 0 bridgehead atoms. The summed E-state index contributed by atoms with van der Waals surface area (Å²) in [6.07, 6.45) is 3.94.